The highest BCUT2D eigenvalue weighted by atomic mass is 14.5. The van der Waals surface area contributed by atoms with Crippen LogP contribution in [0.1, 0.15) is 16.7 Å². The van der Waals surface area contributed by atoms with Crippen molar-refractivity contribution in [2.24, 2.45) is 5.73 Å². The first-order valence-electron chi connectivity index (χ1n) is 3.97. The van der Waals surface area contributed by atoms with Crippen LogP contribution in [-0.2, 0) is 0 Å². The number of rotatable bonds is 0. The van der Waals surface area contributed by atoms with E-state index < -0.39 is 0 Å². The van der Waals surface area contributed by atoms with E-state index in [4.69, 9.17) is 11.0 Å². The van der Waals surface area contributed by atoms with E-state index in [0.29, 0.717) is 12.1 Å². The van der Waals surface area contributed by atoms with Gasteiger partial charge in [-0.15, -0.1) is 0 Å². The third-order valence-electron chi connectivity index (χ3n) is 1.62. The minimum absolute atomic E-state index is 0.318. The van der Waals surface area contributed by atoms with Crippen LogP contribution >= 0.6 is 0 Å². The van der Waals surface area contributed by atoms with Crippen molar-refractivity contribution in [3.05, 3.63) is 34.9 Å². The average Bonchev–Trinajstić information content (AvgIpc) is 2.16. The number of nitrogens with zero attached hydrogens (tertiary/aromatic N) is 1. The number of hydrogen-bond donors (Lipinski definition) is 1. The van der Waals surface area contributed by atoms with E-state index in [1.54, 1.807) is 0 Å². The molecular weight excluding hydrogens is 160 g/mol. The zero-order chi connectivity index (χ0) is 9.68. The smallest absolute Gasteiger partial charge is 0.100 e. The van der Waals surface area contributed by atoms with Gasteiger partial charge in [-0.25, -0.2) is 0 Å². The molecule has 2 nitrogen and oxygen atoms in total. The molecule has 2 N–H and O–H groups in total. The first-order valence-corrected chi connectivity index (χ1v) is 3.97. The highest BCUT2D eigenvalue weighted by molar-refractivity contribution is 5.49. The SMILES string of the molecule is Cc1ccc(C#CCN)c(C#N)c1. The van der Waals surface area contributed by atoms with E-state index in [1.165, 1.54) is 0 Å². The van der Waals surface area contributed by atoms with Crippen LogP contribution in [0.15, 0.2) is 18.2 Å². The molecule has 0 radical (unpaired) electrons. The van der Waals surface area contributed by atoms with E-state index in [9.17, 15) is 0 Å². The number of nitrogens with two attached hydrogens (primary N) is 1. The molecule has 0 fully saturated rings. The fourth-order valence-electron chi connectivity index (χ4n) is 1.01. The van der Waals surface area contributed by atoms with Crippen molar-refractivity contribution >= 4 is 0 Å². The van der Waals surface area contributed by atoms with Gasteiger partial charge in [0.05, 0.1) is 12.1 Å². The van der Waals surface area contributed by atoms with Gasteiger partial charge in [-0.3, -0.25) is 0 Å². The Morgan fingerprint density at radius 1 is 1.38 bits per heavy atom. The summed E-state index contributed by atoms with van der Waals surface area (Å²) in [5.41, 5.74) is 7.67. The predicted molar refractivity (Wildman–Crippen MR) is 51.8 cm³/mol. The zero-order valence-electron chi connectivity index (χ0n) is 7.46. The highest BCUT2D eigenvalue weighted by Gasteiger charge is 1.97. The minimum atomic E-state index is 0.318. The van der Waals surface area contributed by atoms with Crippen LogP contribution in [-0.4, -0.2) is 6.54 Å². The molecule has 0 aliphatic heterocycles. The maximum absolute atomic E-state index is 8.79. The third-order valence-corrected chi connectivity index (χ3v) is 1.62. The molecule has 13 heavy (non-hydrogen) atoms. The van der Waals surface area contributed by atoms with E-state index in [-0.39, 0.29) is 0 Å². The Labute approximate surface area is 78.0 Å². The summed E-state index contributed by atoms with van der Waals surface area (Å²) in [4.78, 5) is 0. The van der Waals surface area contributed by atoms with Crippen molar-refractivity contribution in [3.8, 4) is 17.9 Å². The first kappa shape index (κ1) is 9.32. The lowest BCUT2D eigenvalue weighted by atomic mass is 10.1. The summed E-state index contributed by atoms with van der Waals surface area (Å²) in [6.07, 6.45) is 0. The van der Waals surface area contributed by atoms with E-state index in [0.717, 1.165) is 11.1 Å². The van der Waals surface area contributed by atoms with Gasteiger partial charge in [0.2, 0.25) is 0 Å². The Morgan fingerprint density at radius 2 is 2.15 bits per heavy atom. The van der Waals surface area contributed by atoms with Crippen molar-refractivity contribution in [2.75, 3.05) is 6.54 Å². The number of aryl methyl sites for hydroxylation is 1. The molecule has 2 heteroatoms. The molecular formula is C11H10N2. The van der Waals surface area contributed by atoms with Crippen LogP contribution in [0.3, 0.4) is 0 Å². The number of hydrogen-bond acceptors (Lipinski definition) is 2. The minimum Gasteiger partial charge on any atom is -0.320 e. The number of benzene rings is 1. The Bertz CT molecular complexity index is 402. The van der Waals surface area contributed by atoms with Crippen LogP contribution in [0.2, 0.25) is 0 Å². The highest BCUT2D eigenvalue weighted by Crippen LogP contribution is 2.08. The van der Waals surface area contributed by atoms with Gasteiger partial charge < -0.3 is 5.73 Å². The molecule has 1 aromatic rings. The van der Waals surface area contributed by atoms with E-state index in [2.05, 4.69) is 17.9 Å². The van der Waals surface area contributed by atoms with Gasteiger partial charge in [0, 0.05) is 5.56 Å². The van der Waals surface area contributed by atoms with Gasteiger partial charge in [0.1, 0.15) is 6.07 Å². The van der Waals surface area contributed by atoms with Gasteiger partial charge in [-0.2, -0.15) is 5.26 Å². The van der Waals surface area contributed by atoms with Crippen molar-refractivity contribution in [1.82, 2.24) is 0 Å². The standard InChI is InChI=1S/C11H10N2/c1-9-4-5-10(3-2-6-12)11(7-9)8-13/h4-5,7H,6,12H2,1H3. The van der Waals surface area contributed by atoms with Gasteiger partial charge in [-0.1, -0.05) is 17.9 Å². The summed E-state index contributed by atoms with van der Waals surface area (Å²) in [6, 6.07) is 7.70. The van der Waals surface area contributed by atoms with Gasteiger partial charge >= 0.3 is 0 Å². The zero-order valence-corrected chi connectivity index (χ0v) is 7.46. The fraction of sp³-hybridized carbons (Fsp3) is 0.182. The molecule has 0 aliphatic rings. The summed E-state index contributed by atoms with van der Waals surface area (Å²) in [5, 5.41) is 8.79. The Kier molecular flexibility index (Phi) is 3.09. The summed E-state index contributed by atoms with van der Waals surface area (Å²) >= 11 is 0. The van der Waals surface area contributed by atoms with Crippen LogP contribution in [0.4, 0.5) is 0 Å². The van der Waals surface area contributed by atoms with Gasteiger partial charge in [-0.05, 0) is 24.6 Å². The topological polar surface area (TPSA) is 49.8 Å². The molecule has 64 valence electrons. The molecule has 0 aromatic heterocycles. The normalized spacial score (nSPS) is 8.38. The van der Waals surface area contributed by atoms with E-state index in [1.807, 2.05) is 25.1 Å². The summed E-state index contributed by atoms with van der Waals surface area (Å²) in [7, 11) is 0. The third kappa shape index (κ3) is 2.33. The summed E-state index contributed by atoms with van der Waals surface area (Å²) in [6.45, 7) is 2.26. The lowest BCUT2D eigenvalue weighted by Gasteiger charge is -1.96. The molecule has 0 atom stereocenters. The van der Waals surface area contributed by atoms with Gasteiger partial charge in [0.25, 0.3) is 0 Å². The quantitative estimate of drug-likeness (QED) is 0.594. The van der Waals surface area contributed by atoms with E-state index >= 15 is 0 Å². The molecule has 0 saturated carbocycles. The Balaban J connectivity index is 3.16. The Hall–Kier alpha value is -1.77. The molecule has 1 rings (SSSR count). The first-order chi connectivity index (χ1) is 6.27. The second-order valence-electron chi connectivity index (χ2n) is 2.67. The van der Waals surface area contributed by atoms with Crippen molar-refractivity contribution in [3.63, 3.8) is 0 Å². The second-order valence-corrected chi connectivity index (χ2v) is 2.67. The Morgan fingerprint density at radius 3 is 2.77 bits per heavy atom. The largest absolute Gasteiger partial charge is 0.320 e. The maximum Gasteiger partial charge on any atom is 0.100 e. The summed E-state index contributed by atoms with van der Waals surface area (Å²) in [5.74, 6) is 5.58. The van der Waals surface area contributed by atoms with Crippen molar-refractivity contribution < 1.29 is 0 Å². The lowest BCUT2D eigenvalue weighted by molar-refractivity contribution is 1.30. The predicted octanol–water partition coefficient (Wildman–Crippen LogP) is 1.18. The number of nitriles is 1. The molecule has 0 bridgehead atoms. The molecule has 0 amide bonds. The molecule has 0 heterocycles. The monoisotopic (exact) mass is 170 g/mol. The molecule has 0 aliphatic carbocycles. The molecule has 0 saturated heterocycles. The van der Waals surface area contributed by atoms with Gasteiger partial charge in [0.15, 0.2) is 0 Å². The molecule has 0 spiro atoms. The van der Waals surface area contributed by atoms with Crippen LogP contribution in [0, 0.1) is 30.1 Å². The van der Waals surface area contributed by atoms with Crippen LogP contribution in [0.25, 0.3) is 0 Å². The van der Waals surface area contributed by atoms with Crippen LogP contribution < -0.4 is 5.73 Å². The van der Waals surface area contributed by atoms with Crippen LogP contribution in [0.5, 0.6) is 0 Å². The fourth-order valence-corrected chi connectivity index (χ4v) is 1.01. The molecule has 0 unspecified atom stereocenters. The molecule has 1 aromatic carbocycles. The maximum atomic E-state index is 8.79. The van der Waals surface area contributed by atoms with Crippen molar-refractivity contribution in [1.29, 1.82) is 5.26 Å². The second kappa shape index (κ2) is 4.30. The lowest BCUT2D eigenvalue weighted by Crippen LogP contribution is -1.93. The average molecular weight is 170 g/mol. The van der Waals surface area contributed by atoms with Crippen molar-refractivity contribution in [2.45, 2.75) is 6.92 Å². The summed E-state index contributed by atoms with van der Waals surface area (Å²) < 4.78 is 0.